The first-order chi connectivity index (χ1) is 4.34. The maximum absolute atomic E-state index is 5.72. The van der Waals surface area contributed by atoms with E-state index in [1.165, 1.54) is 12.8 Å². The average molecular weight is 144 g/mol. The lowest BCUT2D eigenvalue weighted by Gasteiger charge is -2.30. The van der Waals surface area contributed by atoms with Crippen molar-refractivity contribution in [2.75, 3.05) is 6.54 Å². The van der Waals surface area contributed by atoms with E-state index in [1.807, 2.05) is 4.90 Å². The molecular formula is C6H12N2S. The van der Waals surface area contributed by atoms with Gasteiger partial charge < -0.3 is 10.6 Å². The molecule has 0 amide bonds. The van der Waals surface area contributed by atoms with Gasteiger partial charge in [-0.05, 0) is 19.3 Å². The summed E-state index contributed by atoms with van der Waals surface area (Å²) in [4.78, 5) is 2.03. The Labute approximate surface area is 61.0 Å². The number of hydrogen-bond donors (Lipinski definition) is 1. The van der Waals surface area contributed by atoms with E-state index in [0.29, 0.717) is 0 Å². The Hall–Kier alpha value is -0.150. The van der Waals surface area contributed by atoms with E-state index in [2.05, 4.69) is 0 Å². The Morgan fingerprint density at radius 3 is 2.78 bits per heavy atom. The molecule has 0 spiro atoms. The van der Waals surface area contributed by atoms with Crippen molar-refractivity contribution in [1.82, 2.24) is 4.90 Å². The molecule has 3 heteroatoms. The lowest BCUT2D eigenvalue weighted by atomic mass is 10.1. The summed E-state index contributed by atoms with van der Waals surface area (Å²) in [6.45, 7) is 1.05. The molecule has 2 nitrogen and oxygen atoms in total. The highest BCUT2D eigenvalue weighted by molar-refractivity contribution is 7.78. The van der Waals surface area contributed by atoms with Gasteiger partial charge in [-0.1, -0.05) is 12.2 Å². The molecule has 1 heterocycles. The van der Waals surface area contributed by atoms with E-state index in [0.717, 1.165) is 13.0 Å². The molecule has 1 unspecified atom stereocenters. The zero-order valence-electron chi connectivity index (χ0n) is 5.42. The zero-order chi connectivity index (χ0) is 6.69. The summed E-state index contributed by atoms with van der Waals surface area (Å²) in [7, 11) is 0. The van der Waals surface area contributed by atoms with Crippen LogP contribution in [0.5, 0.6) is 0 Å². The number of nitrogens with zero attached hydrogens (tertiary/aromatic N) is 1. The van der Waals surface area contributed by atoms with Crippen molar-refractivity contribution < 1.29 is 0 Å². The van der Waals surface area contributed by atoms with Crippen LogP contribution in [0, 0.1) is 0 Å². The Kier molecular flexibility index (Phi) is 2.42. The van der Waals surface area contributed by atoms with Crippen molar-refractivity contribution in [2.45, 2.75) is 25.4 Å². The normalized spacial score (nSPS) is 28.1. The molecule has 9 heavy (non-hydrogen) atoms. The van der Waals surface area contributed by atoms with Crippen LogP contribution >= 0.6 is 12.2 Å². The summed E-state index contributed by atoms with van der Waals surface area (Å²) in [5.74, 6) is 0. The van der Waals surface area contributed by atoms with Gasteiger partial charge in [0.2, 0.25) is 0 Å². The molecule has 0 bridgehead atoms. The van der Waals surface area contributed by atoms with Gasteiger partial charge in [-0.3, -0.25) is 0 Å². The molecule has 0 radical (unpaired) electrons. The number of rotatable bonds is 1. The molecule has 1 fully saturated rings. The molecule has 0 aromatic carbocycles. The van der Waals surface area contributed by atoms with Gasteiger partial charge in [-0.15, -0.1) is 0 Å². The number of hydrogen-bond acceptors (Lipinski definition) is 2. The maximum atomic E-state index is 5.72. The van der Waals surface area contributed by atoms with Crippen molar-refractivity contribution in [3.05, 3.63) is 0 Å². The first-order valence-electron chi connectivity index (χ1n) is 3.31. The van der Waals surface area contributed by atoms with Crippen LogP contribution in [0.1, 0.15) is 19.3 Å². The van der Waals surface area contributed by atoms with Crippen molar-refractivity contribution in [1.29, 1.82) is 0 Å². The third kappa shape index (κ3) is 1.63. The number of piperidine rings is 1. The van der Waals surface area contributed by atoms with Gasteiger partial charge in [0.25, 0.3) is 0 Å². The topological polar surface area (TPSA) is 29.3 Å². The highest BCUT2D eigenvalue weighted by Gasteiger charge is 2.14. The minimum atomic E-state index is 0.191. The van der Waals surface area contributed by atoms with Crippen molar-refractivity contribution >= 4 is 17.7 Å². The third-order valence-electron chi connectivity index (χ3n) is 1.73. The van der Waals surface area contributed by atoms with Gasteiger partial charge in [0.05, 0.1) is 11.7 Å². The number of nitrogens with two attached hydrogens (primary N) is 1. The standard InChI is InChI=1S/C6H12N2S/c7-6-3-1-2-4-8(6)5-9/h5-6H,1-4,7H2. The van der Waals surface area contributed by atoms with Crippen LogP contribution < -0.4 is 5.73 Å². The summed E-state index contributed by atoms with van der Waals surface area (Å²) >= 11 is 4.77. The number of likely N-dealkylation sites (tertiary alicyclic amines) is 1. The molecule has 0 saturated carbocycles. The van der Waals surface area contributed by atoms with E-state index in [-0.39, 0.29) is 6.17 Å². The van der Waals surface area contributed by atoms with Crippen LogP contribution in [-0.2, 0) is 0 Å². The quantitative estimate of drug-likeness (QED) is 0.550. The maximum Gasteiger partial charge on any atom is 0.0773 e. The third-order valence-corrected chi connectivity index (χ3v) is 2.00. The first-order valence-corrected chi connectivity index (χ1v) is 3.78. The lowest BCUT2D eigenvalue weighted by molar-refractivity contribution is 0.258. The van der Waals surface area contributed by atoms with Crippen LogP contribution in [0.4, 0.5) is 0 Å². The lowest BCUT2D eigenvalue weighted by Crippen LogP contribution is -2.43. The molecular weight excluding hydrogens is 132 g/mol. The second kappa shape index (κ2) is 3.13. The fraction of sp³-hybridized carbons (Fsp3) is 0.833. The molecule has 52 valence electrons. The van der Waals surface area contributed by atoms with Gasteiger partial charge in [0.1, 0.15) is 0 Å². The Bertz CT molecular complexity index is 105. The van der Waals surface area contributed by atoms with Crippen LogP contribution in [0.3, 0.4) is 0 Å². The Morgan fingerprint density at radius 2 is 2.33 bits per heavy atom. The van der Waals surface area contributed by atoms with Gasteiger partial charge in [-0.2, -0.15) is 0 Å². The number of thiocarbonyl (C=S) groups is 1. The molecule has 2 N–H and O–H groups in total. The Morgan fingerprint density at radius 1 is 1.56 bits per heavy atom. The fourth-order valence-electron chi connectivity index (χ4n) is 1.11. The van der Waals surface area contributed by atoms with Crippen LogP contribution in [0.25, 0.3) is 0 Å². The minimum Gasteiger partial charge on any atom is -0.353 e. The smallest absolute Gasteiger partial charge is 0.0773 e. The second-order valence-electron chi connectivity index (χ2n) is 2.41. The molecule has 0 aliphatic carbocycles. The van der Waals surface area contributed by atoms with Crippen molar-refractivity contribution in [3.63, 3.8) is 0 Å². The summed E-state index contributed by atoms with van der Waals surface area (Å²) in [5, 5.41) is 0. The van der Waals surface area contributed by atoms with E-state index >= 15 is 0 Å². The molecule has 1 atom stereocenters. The minimum absolute atomic E-state index is 0.191. The van der Waals surface area contributed by atoms with E-state index < -0.39 is 0 Å². The summed E-state index contributed by atoms with van der Waals surface area (Å²) in [5.41, 5.74) is 7.39. The molecule has 0 aromatic rings. The molecule has 1 aliphatic rings. The predicted molar refractivity (Wildman–Crippen MR) is 42.2 cm³/mol. The fourth-order valence-corrected chi connectivity index (χ4v) is 1.37. The van der Waals surface area contributed by atoms with E-state index in [1.54, 1.807) is 5.49 Å². The first kappa shape index (κ1) is 6.96. The molecule has 1 rings (SSSR count). The van der Waals surface area contributed by atoms with Crippen LogP contribution in [0.15, 0.2) is 0 Å². The molecule has 1 aliphatic heterocycles. The molecule has 1 saturated heterocycles. The van der Waals surface area contributed by atoms with Gasteiger partial charge in [-0.25, -0.2) is 0 Å². The summed E-state index contributed by atoms with van der Waals surface area (Å²) in [6.07, 6.45) is 3.77. The van der Waals surface area contributed by atoms with E-state index in [9.17, 15) is 0 Å². The van der Waals surface area contributed by atoms with Gasteiger partial charge >= 0.3 is 0 Å². The van der Waals surface area contributed by atoms with E-state index in [4.69, 9.17) is 18.0 Å². The Balaban J connectivity index is 2.38. The van der Waals surface area contributed by atoms with Crippen LogP contribution in [0.2, 0.25) is 0 Å². The largest absolute Gasteiger partial charge is 0.353 e. The molecule has 0 aromatic heterocycles. The van der Waals surface area contributed by atoms with Crippen molar-refractivity contribution in [2.24, 2.45) is 5.73 Å². The highest BCUT2D eigenvalue weighted by Crippen LogP contribution is 2.10. The van der Waals surface area contributed by atoms with Gasteiger partial charge in [0, 0.05) is 6.54 Å². The van der Waals surface area contributed by atoms with Crippen molar-refractivity contribution in [3.8, 4) is 0 Å². The SMILES string of the molecule is NC1CCCCN1C=S. The predicted octanol–water partition coefficient (Wildman–Crippen LogP) is 0.714. The highest BCUT2D eigenvalue weighted by atomic mass is 32.1. The van der Waals surface area contributed by atoms with Gasteiger partial charge in [0.15, 0.2) is 0 Å². The zero-order valence-corrected chi connectivity index (χ0v) is 6.23. The average Bonchev–Trinajstić information content (AvgIpc) is 1.89. The van der Waals surface area contributed by atoms with Crippen LogP contribution in [-0.4, -0.2) is 23.1 Å². The monoisotopic (exact) mass is 144 g/mol. The second-order valence-corrected chi connectivity index (χ2v) is 2.62. The summed E-state index contributed by atoms with van der Waals surface area (Å²) < 4.78 is 0. The summed E-state index contributed by atoms with van der Waals surface area (Å²) in [6, 6.07) is 0.